The van der Waals surface area contributed by atoms with Crippen LogP contribution in [0.3, 0.4) is 0 Å². The summed E-state index contributed by atoms with van der Waals surface area (Å²) < 4.78 is 0. The molecule has 0 radical (unpaired) electrons. The Hall–Kier alpha value is -0.820. The number of nitrogens with one attached hydrogen (secondary N) is 1. The van der Waals surface area contributed by atoms with E-state index in [1.54, 1.807) is 0 Å². The monoisotopic (exact) mass is 231 g/mol. The van der Waals surface area contributed by atoms with Crippen molar-refractivity contribution < 1.29 is 0 Å². The summed E-state index contributed by atoms with van der Waals surface area (Å²) in [7, 11) is 0. The molecule has 1 saturated carbocycles. The van der Waals surface area contributed by atoms with Crippen LogP contribution >= 0.6 is 0 Å². The van der Waals surface area contributed by atoms with Crippen LogP contribution in [0.25, 0.3) is 0 Å². The van der Waals surface area contributed by atoms with Gasteiger partial charge < -0.3 is 5.32 Å². The summed E-state index contributed by atoms with van der Waals surface area (Å²) in [6, 6.07) is 7.49. The molecule has 0 amide bonds. The molecule has 1 nitrogen and oxygen atoms in total. The molecular weight excluding hydrogens is 206 g/mol. The lowest BCUT2D eigenvalue weighted by atomic mass is 9.99. The Bertz CT molecular complexity index is 344. The summed E-state index contributed by atoms with van der Waals surface area (Å²) in [6.07, 6.45) is 5.70. The minimum absolute atomic E-state index is 0.665. The number of hydrogen-bond donors (Lipinski definition) is 1. The maximum Gasteiger partial charge on any atom is 0.0208 e. The minimum Gasteiger partial charge on any atom is -0.310 e. The van der Waals surface area contributed by atoms with E-state index in [1.165, 1.54) is 42.4 Å². The van der Waals surface area contributed by atoms with Crippen molar-refractivity contribution in [2.75, 3.05) is 0 Å². The normalized spacial score (nSPS) is 18.5. The highest BCUT2D eigenvalue weighted by Gasteiger charge is 2.20. The molecule has 1 fully saturated rings. The standard InChI is InChI=1S/C16H25N/c1-12-8-13(2)10-15(9-12)11-17-14(3)16-6-4-5-7-16/h8-10,14,16-17H,4-7,11H2,1-3H3/t14-/m1/s1. The quantitative estimate of drug-likeness (QED) is 0.826. The SMILES string of the molecule is Cc1cc(C)cc(CN[C@H](C)C2CCCC2)c1. The molecule has 0 aromatic heterocycles. The van der Waals surface area contributed by atoms with Crippen LogP contribution in [0, 0.1) is 19.8 Å². The van der Waals surface area contributed by atoms with E-state index >= 15 is 0 Å². The average Bonchev–Trinajstić information content (AvgIpc) is 2.78. The van der Waals surface area contributed by atoms with Gasteiger partial charge in [0.2, 0.25) is 0 Å². The number of aryl methyl sites for hydroxylation is 2. The van der Waals surface area contributed by atoms with E-state index in [0.717, 1.165) is 12.5 Å². The van der Waals surface area contributed by atoms with Crippen molar-refractivity contribution in [2.24, 2.45) is 5.92 Å². The van der Waals surface area contributed by atoms with Gasteiger partial charge in [-0.05, 0) is 45.1 Å². The molecular formula is C16H25N. The lowest BCUT2D eigenvalue weighted by Gasteiger charge is -2.20. The summed E-state index contributed by atoms with van der Waals surface area (Å²) in [5.74, 6) is 0.904. The van der Waals surface area contributed by atoms with E-state index in [-0.39, 0.29) is 0 Å². The van der Waals surface area contributed by atoms with Crippen LogP contribution < -0.4 is 5.32 Å². The lowest BCUT2D eigenvalue weighted by molar-refractivity contribution is 0.380. The van der Waals surface area contributed by atoms with Crippen LogP contribution in [0.15, 0.2) is 18.2 Å². The second-order valence-electron chi connectivity index (χ2n) is 5.71. The first-order valence-corrected chi connectivity index (χ1v) is 6.96. The molecule has 1 N–H and O–H groups in total. The maximum atomic E-state index is 3.70. The minimum atomic E-state index is 0.665. The molecule has 94 valence electrons. The molecule has 1 heteroatoms. The summed E-state index contributed by atoms with van der Waals surface area (Å²) in [5.41, 5.74) is 4.16. The van der Waals surface area contributed by atoms with E-state index < -0.39 is 0 Å². The zero-order chi connectivity index (χ0) is 12.3. The van der Waals surface area contributed by atoms with Crippen LogP contribution in [0.2, 0.25) is 0 Å². The first-order chi connectivity index (χ1) is 8.15. The Balaban J connectivity index is 1.88. The van der Waals surface area contributed by atoms with Gasteiger partial charge in [0, 0.05) is 12.6 Å². The van der Waals surface area contributed by atoms with Gasteiger partial charge in [-0.3, -0.25) is 0 Å². The average molecular weight is 231 g/mol. The van der Waals surface area contributed by atoms with Crippen molar-refractivity contribution in [3.63, 3.8) is 0 Å². The van der Waals surface area contributed by atoms with Gasteiger partial charge in [-0.25, -0.2) is 0 Å². The fraction of sp³-hybridized carbons (Fsp3) is 0.625. The van der Waals surface area contributed by atoms with Crippen LogP contribution in [0.5, 0.6) is 0 Å². The summed E-state index contributed by atoms with van der Waals surface area (Å²) in [6.45, 7) is 7.71. The highest BCUT2D eigenvalue weighted by Crippen LogP contribution is 2.27. The van der Waals surface area contributed by atoms with E-state index in [4.69, 9.17) is 0 Å². The van der Waals surface area contributed by atoms with Crippen molar-refractivity contribution in [2.45, 2.75) is 59.0 Å². The second-order valence-corrected chi connectivity index (χ2v) is 5.71. The molecule has 0 saturated heterocycles. The van der Waals surface area contributed by atoms with Gasteiger partial charge in [-0.2, -0.15) is 0 Å². The van der Waals surface area contributed by atoms with Gasteiger partial charge in [-0.1, -0.05) is 42.2 Å². The van der Waals surface area contributed by atoms with Crippen LogP contribution in [-0.2, 0) is 6.54 Å². The Morgan fingerprint density at radius 1 is 1.12 bits per heavy atom. The van der Waals surface area contributed by atoms with Crippen LogP contribution in [0.1, 0.15) is 49.3 Å². The molecule has 1 atom stereocenters. The molecule has 0 heterocycles. The maximum absolute atomic E-state index is 3.70. The van der Waals surface area contributed by atoms with Gasteiger partial charge in [0.1, 0.15) is 0 Å². The van der Waals surface area contributed by atoms with E-state index in [0.29, 0.717) is 6.04 Å². The van der Waals surface area contributed by atoms with E-state index in [9.17, 15) is 0 Å². The molecule has 1 aliphatic carbocycles. The molecule has 1 aromatic carbocycles. The lowest BCUT2D eigenvalue weighted by Crippen LogP contribution is -2.31. The zero-order valence-electron chi connectivity index (χ0n) is 11.4. The molecule has 17 heavy (non-hydrogen) atoms. The van der Waals surface area contributed by atoms with Crippen molar-refractivity contribution in [1.29, 1.82) is 0 Å². The number of hydrogen-bond acceptors (Lipinski definition) is 1. The van der Waals surface area contributed by atoms with Crippen molar-refractivity contribution in [1.82, 2.24) is 5.32 Å². The largest absolute Gasteiger partial charge is 0.310 e. The van der Waals surface area contributed by atoms with Gasteiger partial charge in [0.15, 0.2) is 0 Å². The molecule has 1 aliphatic rings. The number of rotatable bonds is 4. The zero-order valence-corrected chi connectivity index (χ0v) is 11.4. The van der Waals surface area contributed by atoms with Crippen LogP contribution in [0.4, 0.5) is 0 Å². The fourth-order valence-electron chi connectivity index (χ4n) is 3.07. The molecule has 0 bridgehead atoms. The van der Waals surface area contributed by atoms with E-state index in [2.05, 4.69) is 44.3 Å². The summed E-state index contributed by atoms with van der Waals surface area (Å²) >= 11 is 0. The molecule has 1 aromatic rings. The fourth-order valence-corrected chi connectivity index (χ4v) is 3.07. The Kier molecular flexibility index (Phi) is 4.22. The van der Waals surface area contributed by atoms with Gasteiger partial charge in [-0.15, -0.1) is 0 Å². The third-order valence-electron chi connectivity index (χ3n) is 4.02. The third kappa shape index (κ3) is 3.57. The van der Waals surface area contributed by atoms with Crippen molar-refractivity contribution in [3.05, 3.63) is 34.9 Å². The first-order valence-electron chi connectivity index (χ1n) is 6.96. The van der Waals surface area contributed by atoms with Crippen molar-refractivity contribution in [3.8, 4) is 0 Å². The van der Waals surface area contributed by atoms with Gasteiger partial charge in [0.25, 0.3) is 0 Å². The molecule has 0 unspecified atom stereocenters. The summed E-state index contributed by atoms with van der Waals surface area (Å²) in [4.78, 5) is 0. The second kappa shape index (κ2) is 5.68. The van der Waals surface area contributed by atoms with Crippen LogP contribution in [-0.4, -0.2) is 6.04 Å². The first kappa shape index (κ1) is 12.6. The topological polar surface area (TPSA) is 12.0 Å². The highest BCUT2D eigenvalue weighted by molar-refractivity contribution is 5.28. The smallest absolute Gasteiger partial charge is 0.0208 e. The van der Waals surface area contributed by atoms with Gasteiger partial charge in [0.05, 0.1) is 0 Å². The number of benzene rings is 1. The Labute approximate surface area is 106 Å². The molecule has 0 spiro atoms. The Morgan fingerprint density at radius 3 is 2.29 bits per heavy atom. The van der Waals surface area contributed by atoms with Gasteiger partial charge >= 0.3 is 0 Å². The Morgan fingerprint density at radius 2 is 1.71 bits per heavy atom. The molecule has 2 rings (SSSR count). The molecule has 0 aliphatic heterocycles. The van der Waals surface area contributed by atoms with E-state index in [1.807, 2.05) is 0 Å². The highest BCUT2D eigenvalue weighted by atomic mass is 14.9. The van der Waals surface area contributed by atoms with Crippen molar-refractivity contribution >= 4 is 0 Å². The third-order valence-corrected chi connectivity index (χ3v) is 4.02. The summed E-state index contributed by atoms with van der Waals surface area (Å²) in [5, 5.41) is 3.70. The predicted octanol–water partition coefficient (Wildman–Crippen LogP) is 3.97. The predicted molar refractivity (Wildman–Crippen MR) is 74.2 cm³/mol.